The summed E-state index contributed by atoms with van der Waals surface area (Å²) in [5, 5.41) is 1.08. The van der Waals surface area contributed by atoms with Crippen LogP contribution in [0.3, 0.4) is 0 Å². The van der Waals surface area contributed by atoms with E-state index in [1.807, 2.05) is 6.07 Å². The zero-order valence-electron chi connectivity index (χ0n) is 15.5. The van der Waals surface area contributed by atoms with Gasteiger partial charge in [0.25, 0.3) is 5.56 Å². The topological polar surface area (TPSA) is 58.2 Å². The average Bonchev–Trinajstić information content (AvgIpc) is 3.08. The molecule has 0 saturated carbocycles. The van der Waals surface area contributed by atoms with Crippen LogP contribution in [0.5, 0.6) is 0 Å². The van der Waals surface area contributed by atoms with Crippen LogP contribution >= 0.6 is 11.6 Å². The third-order valence-electron chi connectivity index (χ3n) is 6.08. The van der Waals surface area contributed by atoms with E-state index in [0.717, 1.165) is 26.2 Å². The highest BCUT2D eigenvalue weighted by molar-refractivity contribution is 6.31. The van der Waals surface area contributed by atoms with Gasteiger partial charge in [0.2, 0.25) is 0 Å². The van der Waals surface area contributed by atoms with E-state index in [0.29, 0.717) is 46.2 Å². The highest BCUT2D eigenvalue weighted by atomic mass is 35.5. The molecule has 3 atom stereocenters. The maximum absolute atomic E-state index is 12.5. The van der Waals surface area contributed by atoms with Crippen LogP contribution in [0.15, 0.2) is 53.3 Å². The van der Waals surface area contributed by atoms with Gasteiger partial charge in [0.05, 0.1) is 24.1 Å². The summed E-state index contributed by atoms with van der Waals surface area (Å²) in [5.74, 6) is 1.62. The van der Waals surface area contributed by atoms with Crippen LogP contribution in [0.4, 0.5) is 0 Å². The minimum Gasteiger partial charge on any atom is -0.381 e. The minimum atomic E-state index is -0.134. The summed E-state index contributed by atoms with van der Waals surface area (Å²) in [6.07, 6.45) is 1.02. The molecule has 0 amide bonds. The summed E-state index contributed by atoms with van der Waals surface area (Å²) in [6, 6.07) is 16.4. The molecule has 28 heavy (non-hydrogen) atoms. The van der Waals surface area contributed by atoms with Crippen molar-refractivity contribution >= 4 is 22.5 Å². The predicted molar refractivity (Wildman–Crippen MR) is 110 cm³/mol. The third kappa shape index (κ3) is 3.24. The van der Waals surface area contributed by atoms with Gasteiger partial charge in [0.15, 0.2) is 0 Å². The summed E-state index contributed by atoms with van der Waals surface area (Å²) in [4.78, 5) is 22.6. The Morgan fingerprint density at radius 2 is 2.07 bits per heavy atom. The first kappa shape index (κ1) is 17.9. The smallest absolute Gasteiger partial charge is 0.258 e. The molecule has 0 spiro atoms. The van der Waals surface area contributed by atoms with Crippen molar-refractivity contribution in [2.45, 2.75) is 24.9 Å². The number of halogens is 1. The number of nitrogens with zero attached hydrogens (tertiary/aromatic N) is 2. The third-order valence-corrected chi connectivity index (χ3v) is 6.31. The summed E-state index contributed by atoms with van der Waals surface area (Å²) < 4.78 is 5.81. The fraction of sp³-hybridized carbons (Fsp3) is 0.364. The zero-order valence-corrected chi connectivity index (χ0v) is 16.2. The Morgan fingerprint density at radius 1 is 1.21 bits per heavy atom. The molecule has 0 bridgehead atoms. The zero-order chi connectivity index (χ0) is 19.1. The number of ether oxygens (including phenoxy) is 1. The standard InChI is InChI=1S/C22H22ClN3O2/c23-15-6-7-19-16(10-15)22(27)25-21(24-19)12-26-11-17(14-4-2-1-3-5-14)18-13-28-9-8-20(18)26/h1-7,10,17-18,20H,8-9,11-13H2,(H,24,25,27). The number of H-pyrrole nitrogens is 1. The van der Waals surface area contributed by atoms with Crippen LogP contribution < -0.4 is 5.56 Å². The van der Waals surface area contributed by atoms with Crippen LogP contribution in [0.2, 0.25) is 5.02 Å². The number of likely N-dealkylation sites (tertiary alicyclic amines) is 1. The highest BCUT2D eigenvalue weighted by Crippen LogP contribution is 2.41. The summed E-state index contributed by atoms with van der Waals surface area (Å²) in [5.41, 5.74) is 1.91. The Morgan fingerprint density at radius 3 is 2.93 bits per heavy atom. The van der Waals surface area contributed by atoms with Gasteiger partial charge in [-0.05, 0) is 30.2 Å². The Bertz CT molecular complexity index is 1050. The highest BCUT2D eigenvalue weighted by Gasteiger charge is 2.43. The van der Waals surface area contributed by atoms with Crippen molar-refractivity contribution in [2.24, 2.45) is 5.92 Å². The van der Waals surface area contributed by atoms with E-state index in [1.165, 1.54) is 5.56 Å². The van der Waals surface area contributed by atoms with E-state index in [2.05, 4.69) is 45.2 Å². The number of hydrogen-bond acceptors (Lipinski definition) is 4. The maximum Gasteiger partial charge on any atom is 0.258 e. The number of rotatable bonds is 3. The van der Waals surface area contributed by atoms with Crippen molar-refractivity contribution in [3.05, 3.63) is 75.3 Å². The van der Waals surface area contributed by atoms with Crippen molar-refractivity contribution in [2.75, 3.05) is 19.8 Å². The van der Waals surface area contributed by atoms with Crippen molar-refractivity contribution in [1.82, 2.24) is 14.9 Å². The van der Waals surface area contributed by atoms with E-state index >= 15 is 0 Å². The lowest BCUT2D eigenvalue weighted by Crippen LogP contribution is -2.39. The Kier molecular flexibility index (Phi) is 4.67. The molecule has 1 N–H and O–H groups in total. The predicted octanol–water partition coefficient (Wildman–Crippen LogP) is 3.58. The average molecular weight is 396 g/mol. The fourth-order valence-corrected chi connectivity index (χ4v) is 4.94. The second-order valence-corrected chi connectivity index (χ2v) is 8.15. The molecule has 3 unspecified atom stereocenters. The van der Waals surface area contributed by atoms with Gasteiger partial charge in [0, 0.05) is 36.1 Å². The summed E-state index contributed by atoms with van der Waals surface area (Å²) >= 11 is 6.02. The lowest BCUT2D eigenvalue weighted by atomic mass is 9.84. The second-order valence-electron chi connectivity index (χ2n) is 7.72. The first-order valence-electron chi connectivity index (χ1n) is 9.74. The second kappa shape index (κ2) is 7.32. The molecule has 6 heteroatoms. The van der Waals surface area contributed by atoms with Gasteiger partial charge in [-0.1, -0.05) is 41.9 Å². The molecule has 144 valence electrons. The molecule has 5 rings (SSSR count). The van der Waals surface area contributed by atoms with Gasteiger partial charge in [-0.15, -0.1) is 0 Å². The van der Waals surface area contributed by atoms with E-state index in [1.54, 1.807) is 12.1 Å². The first-order chi connectivity index (χ1) is 13.7. The SMILES string of the molecule is O=c1[nH]c(CN2CC(c3ccccc3)C3COCCC32)nc2ccc(Cl)cc12. The molecule has 2 aliphatic rings. The molecule has 2 saturated heterocycles. The normalized spacial score (nSPS) is 25.1. The molecular weight excluding hydrogens is 374 g/mol. The van der Waals surface area contributed by atoms with Gasteiger partial charge < -0.3 is 9.72 Å². The Hall–Kier alpha value is -2.21. The van der Waals surface area contributed by atoms with Crippen LogP contribution in [0.25, 0.3) is 10.9 Å². The van der Waals surface area contributed by atoms with E-state index < -0.39 is 0 Å². The van der Waals surface area contributed by atoms with Gasteiger partial charge in [-0.2, -0.15) is 0 Å². The molecule has 3 heterocycles. The first-order valence-corrected chi connectivity index (χ1v) is 10.1. The lowest BCUT2D eigenvalue weighted by Gasteiger charge is -2.32. The number of fused-ring (bicyclic) bond motifs is 2. The van der Waals surface area contributed by atoms with Gasteiger partial charge in [-0.25, -0.2) is 4.98 Å². The van der Waals surface area contributed by atoms with Crippen LogP contribution in [-0.4, -0.2) is 40.7 Å². The molecule has 2 fully saturated rings. The van der Waals surface area contributed by atoms with Gasteiger partial charge in [-0.3, -0.25) is 9.69 Å². The number of aromatic amines is 1. The van der Waals surface area contributed by atoms with E-state index in [4.69, 9.17) is 16.3 Å². The molecule has 0 radical (unpaired) electrons. The van der Waals surface area contributed by atoms with Crippen molar-refractivity contribution < 1.29 is 4.74 Å². The molecule has 3 aromatic rings. The molecule has 2 aliphatic heterocycles. The molecule has 2 aromatic carbocycles. The lowest BCUT2D eigenvalue weighted by molar-refractivity contribution is 0.0173. The fourth-order valence-electron chi connectivity index (χ4n) is 4.77. The molecule has 0 aliphatic carbocycles. The van der Waals surface area contributed by atoms with Gasteiger partial charge >= 0.3 is 0 Å². The van der Waals surface area contributed by atoms with Crippen molar-refractivity contribution in [3.63, 3.8) is 0 Å². The van der Waals surface area contributed by atoms with E-state index in [-0.39, 0.29) is 5.56 Å². The summed E-state index contributed by atoms with van der Waals surface area (Å²) in [7, 11) is 0. The monoisotopic (exact) mass is 395 g/mol. The van der Waals surface area contributed by atoms with E-state index in [9.17, 15) is 4.79 Å². The van der Waals surface area contributed by atoms with Crippen molar-refractivity contribution in [1.29, 1.82) is 0 Å². The van der Waals surface area contributed by atoms with Crippen LogP contribution in [0.1, 0.15) is 23.7 Å². The largest absolute Gasteiger partial charge is 0.381 e. The maximum atomic E-state index is 12.5. The molecule has 5 nitrogen and oxygen atoms in total. The Balaban J connectivity index is 1.45. The quantitative estimate of drug-likeness (QED) is 0.736. The number of aromatic nitrogens is 2. The Labute approximate surface area is 168 Å². The molecular formula is C22H22ClN3O2. The molecule has 1 aromatic heterocycles. The number of nitrogens with one attached hydrogen (secondary N) is 1. The summed E-state index contributed by atoms with van der Waals surface area (Å²) in [6.45, 7) is 3.17. The minimum absolute atomic E-state index is 0.134. The van der Waals surface area contributed by atoms with Crippen molar-refractivity contribution in [3.8, 4) is 0 Å². The number of hydrogen-bond donors (Lipinski definition) is 1. The van der Waals surface area contributed by atoms with Crippen LogP contribution in [0, 0.1) is 5.92 Å². The van der Waals surface area contributed by atoms with Gasteiger partial charge in [0.1, 0.15) is 5.82 Å². The van der Waals surface area contributed by atoms with Crippen LogP contribution in [-0.2, 0) is 11.3 Å². The number of benzene rings is 2.